The maximum atomic E-state index is 12.2. The smallest absolute Gasteiger partial charge is 0.267 e. The molecule has 0 saturated heterocycles. The fourth-order valence-electron chi connectivity index (χ4n) is 1.94. The number of hydrogen-bond donors (Lipinski definition) is 2. The van der Waals surface area contributed by atoms with E-state index in [4.69, 9.17) is 5.73 Å². The van der Waals surface area contributed by atoms with Gasteiger partial charge in [-0.05, 0) is 25.7 Å². The van der Waals surface area contributed by atoms with Gasteiger partial charge in [-0.1, -0.05) is 24.7 Å². The Morgan fingerprint density at radius 3 is 2.89 bits per heavy atom. The molecule has 0 radical (unpaired) electrons. The van der Waals surface area contributed by atoms with E-state index in [1.165, 1.54) is 30.6 Å². The minimum atomic E-state index is -0.0230. The number of rotatable bonds is 6. The minimum Gasteiger partial charge on any atom is -0.382 e. The van der Waals surface area contributed by atoms with Gasteiger partial charge in [0.25, 0.3) is 5.91 Å². The van der Waals surface area contributed by atoms with Gasteiger partial charge in [0, 0.05) is 19.6 Å². The second-order valence-corrected chi connectivity index (χ2v) is 6.08. The number of thiazole rings is 1. The van der Waals surface area contributed by atoms with Gasteiger partial charge in [-0.25, -0.2) is 4.98 Å². The first-order valence-electron chi connectivity index (χ1n) is 6.90. The molecule has 0 aliphatic heterocycles. The summed E-state index contributed by atoms with van der Waals surface area (Å²) in [6.45, 7) is 2.87. The zero-order chi connectivity index (χ0) is 13.8. The van der Waals surface area contributed by atoms with Crippen LogP contribution in [0.2, 0.25) is 0 Å². The van der Waals surface area contributed by atoms with Crippen molar-refractivity contribution in [3.8, 4) is 0 Å². The maximum absolute atomic E-state index is 12.2. The number of aromatic nitrogens is 1. The molecule has 6 heteroatoms. The molecule has 1 fully saturated rings. The number of amides is 1. The predicted octanol–water partition coefficient (Wildman–Crippen LogP) is 2.56. The number of carbonyl (C=O) groups is 1. The van der Waals surface area contributed by atoms with Crippen LogP contribution in [0.3, 0.4) is 0 Å². The summed E-state index contributed by atoms with van der Waals surface area (Å²) in [5.74, 6) is 0.324. The second kappa shape index (κ2) is 6.23. The number of nitrogen functional groups attached to an aromatic ring is 1. The van der Waals surface area contributed by atoms with Gasteiger partial charge in [-0.2, -0.15) is 0 Å². The first kappa shape index (κ1) is 14.1. The molecule has 1 amide bonds. The Bertz CT molecular complexity index is 442. The van der Waals surface area contributed by atoms with Crippen LogP contribution in [-0.2, 0) is 0 Å². The Morgan fingerprint density at radius 1 is 1.58 bits per heavy atom. The zero-order valence-electron chi connectivity index (χ0n) is 11.6. The maximum Gasteiger partial charge on any atom is 0.267 e. The van der Waals surface area contributed by atoms with Gasteiger partial charge in [0.1, 0.15) is 10.7 Å². The van der Waals surface area contributed by atoms with Crippen molar-refractivity contribution >= 4 is 28.2 Å². The first-order valence-corrected chi connectivity index (χ1v) is 7.71. The summed E-state index contributed by atoms with van der Waals surface area (Å²) in [5.41, 5.74) is 5.86. The van der Waals surface area contributed by atoms with E-state index in [-0.39, 0.29) is 5.91 Å². The molecule has 1 heterocycles. The lowest BCUT2D eigenvalue weighted by Crippen LogP contribution is -2.27. The summed E-state index contributed by atoms with van der Waals surface area (Å²) in [5, 5.41) is 4.11. The quantitative estimate of drug-likeness (QED) is 0.841. The normalized spacial score (nSPS) is 15.1. The molecule has 1 aromatic heterocycles. The van der Waals surface area contributed by atoms with Crippen molar-refractivity contribution in [2.75, 3.05) is 24.6 Å². The van der Waals surface area contributed by atoms with E-state index in [0.717, 1.165) is 24.5 Å². The highest BCUT2D eigenvalue weighted by molar-refractivity contribution is 7.18. The van der Waals surface area contributed by atoms with Crippen LogP contribution in [0.4, 0.5) is 10.9 Å². The Kier molecular flexibility index (Phi) is 4.63. The van der Waals surface area contributed by atoms with Gasteiger partial charge >= 0.3 is 0 Å². The van der Waals surface area contributed by atoms with Crippen LogP contribution in [0.15, 0.2) is 0 Å². The Hall–Kier alpha value is -1.30. The predicted molar refractivity (Wildman–Crippen MR) is 79.7 cm³/mol. The minimum absolute atomic E-state index is 0.0230. The molecule has 1 aliphatic rings. The van der Waals surface area contributed by atoms with Crippen LogP contribution in [0.5, 0.6) is 0 Å². The number of nitrogens with one attached hydrogen (secondary N) is 1. The molecule has 0 spiro atoms. The molecule has 0 bridgehead atoms. The van der Waals surface area contributed by atoms with Crippen molar-refractivity contribution in [3.05, 3.63) is 4.88 Å². The average Bonchev–Trinajstić information content (AvgIpc) is 2.71. The second-order valence-electron chi connectivity index (χ2n) is 5.09. The Balaban J connectivity index is 2.00. The van der Waals surface area contributed by atoms with Gasteiger partial charge in [0.05, 0.1) is 0 Å². The highest BCUT2D eigenvalue weighted by Crippen LogP contribution is 2.30. The van der Waals surface area contributed by atoms with Crippen molar-refractivity contribution in [2.24, 2.45) is 0 Å². The lowest BCUT2D eigenvalue weighted by Gasteiger charge is -2.25. The lowest BCUT2D eigenvalue weighted by atomic mass is 9.93. The topological polar surface area (TPSA) is 71.2 Å². The number of anilines is 2. The van der Waals surface area contributed by atoms with Gasteiger partial charge in [0.2, 0.25) is 0 Å². The third-order valence-electron chi connectivity index (χ3n) is 3.47. The van der Waals surface area contributed by atoms with Crippen LogP contribution in [0.1, 0.15) is 48.7 Å². The summed E-state index contributed by atoms with van der Waals surface area (Å²) in [6.07, 6.45) is 5.71. The van der Waals surface area contributed by atoms with Crippen molar-refractivity contribution in [1.29, 1.82) is 0 Å². The summed E-state index contributed by atoms with van der Waals surface area (Å²) in [6, 6.07) is 0.506. The largest absolute Gasteiger partial charge is 0.382 e. The van der Waals surface area contributed by atoms with E-state index < -0.39 is 0 Å². The van der Waals surface area contributed by atoms with Gasteiger partial charge in [-0.3, -0.25) is 4.79 Å². The number of nitrogens with two attached hydrogens (primary N) is 1. The van der Waals surface area contributed by atoms with E-state index in [1.54, 1.807) is 4.90 Å². The molecule has 5 nitrogen and oxygen atoms in total. The summed E-state index contributed by atoms with van der Waals surface area (Å²) < 4.78 is 0. The van der Waals surface area contributed by atoms with E-state index in [9.17, 15) is 4.79 Å². The molecule has 0 unspecified atom stereocenters. The van der Waals surface area contributed by atoms with Gasteiger partial charge < -0.3 is 16.0 Å². The van der Waals surface area contributed by atoms with Gasteiger partial charge in [0.15, 0.2) is 5.13 Å². The van der Waals surface area contributed by atoms with E-state index in [2.05, 4.69) is 17.2 Å². The molecule has 106 valence electrons. The fraction of sp³-hybridized carbons (Fsp3) is 0.692. The number of unbranched alkanes of at least 4 members (excludes halogenated alkanes) is 1. The van der Waals surface area contributed by atoms with Crippen LogP contribution in [0.25, 0.3) is 0 Å². The van der Waals surface area contributed by atoms with Crippen LogP contribution >= 0.6 is 11.3 Å². The van der Waals surface area contributed by atoms with E-state index >= 15 is 0 Å². The number of hydrogen-bond acceptors (Lipinski definition) is 5. The van der Waals surface area contributed by atoms with Crippen molar-refractivity contribution < 1.29 is 4.79 Å². The fourth-order valence-corrected chi connectivity index (χ4v) is 2.90. The number of carbonyl (C=O) groups excluding carboxylic acids is 1. The summed E-state index contributed by atoms with van der Waals surface area (Å²) in [7, 11) is 1.82. The summed E-state index contributed by atoms with van der Waals surface area (Å²) >= 11 is 1.37. The Labute approximate surface area is 118 Å². The average molecular weight is 282 g/mol. The highest BCUT2D eigenvalue weighted by atomic mass is 32.1. The SMILES string of the molecule is CCCCN(C)C(=O)c1sc(NC2CCC2)nc1N. The molecule has 1 saturated carbocycles. The van der Waals surface area contributed by atoms with Crippen LogP contribution < -0.4 is 11.1 Å². The molecule has 0 atom stereocenters. The van der Waals surface area contributed by atoms with Gasteiger partial charge in [-0.15, -0.1) is 0 Å². The molecule has 3 N–H and O–H groups in total. The van der Waals surface area contributed by atoms with Crippen molar-refractivity contribution in [1.82, 2.24) is 9.88 Å². The van der Waals surface area contributed by atoms with Crippen LogP contribution in [0, 0.1) is 0 Å². The lowest BCUT2D eigenvalue weighted by molar-refractivity contribution is 0.0799. The molecular weight excluding hydrogens is 260 g/mol. The molecule has 2 rings (SSSR count). The van der Waals surface area contributed by atoms with E-state index in [1.807, 2.05) is 7.05 Å². The molecule has 1 aliphatic carbocycles. The molecular formula is C13H22N4OS. The Morgan fingerprint density at radius 2 is 2.32 bits per heavy atom. The highest BCUT2D eigenvalue weighted by Gasteiger charge is 2.22. The van der Waals surface area contributed by atoms with Crippen molar-refractivity contribution in [3.63, 3.8) is 0 Å². The number of nitrogens with zero attached hydrogens (tertiary/aromatic N) is 2. The monoisotopic (exact) mass is 282 g/mol. The van der Waals surface area contributed by atoms with Crippen molar-refractivity contribution in [2.45, 2.75) is 45.1 Å². The third-order valence-corrected chi connectivity index (χ3v) is 4.46. The molecule has 1 aromatic rings. The van der Waals surface area contributed by atoms with E-state index in [0.29, 0.717) is 16.7 Å². The molecule has 19 heavy (non-hydrogen) atoms. The standard InChI is InChI=1S/C13H22N4OS/c1-3-4-8-17(2)12(18)10-11(14)16-13(19-10)15-9-6-5-7-9/h9H,3-8,14H2,1-2H3,(H,15,16). The van der Waals surface area contributed by atoms with Crippen LogP contribution in [-0.4, -0.2) is 35.4 Å². The third kappa shape index (κ3) is 3.37. The summed E-state index contributed by atoms with van der Waals surface area (Å²) in [4.78, 5) is 18.8. The molecule has 0 aromatic carbocycles. The first-order chi connectivity index (χ1) is 9.11. The zero-order valence-corrected chi connectivity index (χ0v) is 12.4.